The Labute approximate surface area is 98.0 Å². The van der Waals surface area contributed by atoms with Crippen LogP contribution < -0.4 is 5.32 Å². The van der Waals surface area contributed by atoms with E-state index in [1.807, 2.05) is 0 Å². The highest BCUT2D eigenvalue weighted by Crippen LogP contribution is 2.27. The van der Waals surface area contributed by atoms with E-state index in [1.165, 1.54) is 11.3 Å². The monoisotopic (exact) mass is 219 g/mol. The maximum atomic E-state index is 5.25. The van der Waals surface area contributed by atoms with E-state index in [2.05, 4.69) is 50.4 Å². The Kier molecular flexibility index (Phi) is 3.20. The standard InChI is InChI=1S/C14H21NO/c1-11(2)12-5-4-6-13(7-12)15-8-14(3)9-16-10-14/h4-7,11,15H,8-10H2,1-3H3. The molecule has 2 nitrogen and oxygen atoms in total. The summed E-state index contributed by atoms with van der Waals surface area (Å²) >= 11 is 0. The first-order valence-corrected chi connectivity index (χ1v) is 6.01. The molecule has 1 aromatic rings. The molecule has 0 radical (unpaired) electrons. The lowest BCUT2D eigenvalue weighted by Gasteiger charge is -2.38. The molecule has 0 aliphatic carbocycles. The second kappa shape index (κ2) is 4.46. The molecule has 0 spiro atoms. The molecule has 0 saturated carbocycles. The summed E-state index contributed by atoms with van der Waals surface area (Å²) in [6.07, 6.45) is 0. The summed E-state index contributed by atoms with van der Waals surface area (Å²) < 4.78 is 5.25. The Bertz CT molecular complexity index is 356. The third-order valence-corrected chi connectivity index (χ3v) is 3.17. The van der Waals surface area contributed by atoms with E-state index in [9.17, 15) is 0 Å². The normalized spacial score (nSPS) is 18.2. The zero-order chi connectivity index (χ0) is 11.6. The molecule has 0 bridgehead atoms. The summed E-state index contributed by atoms with van der Waals surface area (Å²) in [5.74, 6) is 0.587. The first kappa shape index (κ1) is 11.5. The maximum Gasteiger partial charge on any atom is 0.0559 e. The lowest BCUT2D eigenvalue weighted by atomic mass is 9.88. The highest BCUT2D eigenvalue weighted by atomic mass is 16.5. The van der Waals surface area contributed by atoms with Crippen LogP contribution in [0.4, 0.5) is 5.69 Å². The van der Waals surface area contributed by atoms with Gasteiger partial charge in [-0.25, -0.2) is 0 Å². The van der Waals surface area contributed by atoms with Crippen molar-refractivity contribution >= 4 is 5.69 Å². The predicted octanol–water partition coefficient (Wildman–Crippen LogP) is 3.26. The number of ether oxygens (including phenoxy) is 1. The van der Waals surface area contributed by atoms with Gasteiger partial charge in [0.25, 0.3) is 0 Å². The Morgan fingerprint density at radius 2 is 2.12 bits per heavy atom. The van der Waals surface area contributed by atoms with Crippen molar-refractivity contribution in [1.82, 2.24) is 0 Å². The Morgan fingerprint density at radius 1 is 1.38 bits per heavy atom. The summed E-state index contributed by atoms with van der Waals surface area (Å²) in [6, 6.07) is 8.68. The van der Waals surface area contributed by atoms with Crippen molar-refractivity contribution in [2.45, 2.75) is 26.7 Å². The Balaban J connectivity index is 1.96. The van der Waals surface area contributed by atoms with Crippen molar-refractivity contribution < 1.29 is 4.74 Å². The van der Waals surface area contributed by atoms with Crippen LogP contribution in [-0.4, -0.2) is 19.8 Å². The van der Waals surface area contributed by atoms with Crippen LogP contribution in [0.15, 0.2) is 24.3 Å². The Hall–Kier alpha value is -1.02. The molecule has 0 unspecified atom stereocenters. The number of hydrogen-bond acceptors (Lipinski definition) is 2. The molecule has 16 heavy (non-hydrogen) atoms. The van der Waals surface area contributed by atoms with Gasteiger partial charge in [0, 0.05) is 17.6 Å². The molecular formula is C14H21NO. The minimum atomic E-state index is 0.327. The van der Waals surface area contributed by atoms with E-state index < -0.39 is 0 Å². The van der Waals surface area contributed by atoms with E-state index in [0.717, 1.165) is 19.8 Å². The molecule has 0 atom stereocenters. The minimum absolute atomic E-state index is 0.327. The molecule has 1 saturated heterocycles. The predicted molar refractivity (Wildman–Crippen MR) is 67.9 cm³/mol. The summed E-state index contributed by atoms with van der Waals surface area (Å²) in [4.78, 5) is 0. The van der Waals surface area contributed by atoms with Crippen LogP contribution >= 0.6 is 0 Å². The SMILES string of the molecule is CC(C)c1cccc(NCC2(C)COC2)c1. The lowest BCUT2D eigenvalue weighted by molar-refractivity contribution is -0.0924. The molecule has 1 heterocycles. The number of nitrogens with one attached hydrogen (secondary N) is 1. The second-order valence-corrected chi connectivity index (χ2v) is 5.44. The van der Waals surface area contributed by atoms with E-state index in [-0.39, 0.29) is 0 Å². The van der Waals surface area contributed by atoms with Gasteiger partial charge in [0.15, 0.2) is 0 Å². The van der Waals surface area contributed by atoms with Crippen LogP contribution in [0.3, 0.4) is 0 Å². The van der Waals surface area contributed by atoms with Crippen LogP contribution in [0.1, 0.15) is 32.3 Å². The lowest BCUT2D eigenvalue weighted by Crippen LogP contribution is -2.45. The topological polar surface area (TPSA) is 21.3 Å². The summed E-state index contributed by atoms with van der Waals surface area (Å²) in [5, 5.41) is 3.50. The first-order valence-electron chi connectivity index (χ1n) is 6.01. The highest BCUT2D eigenvalue weighted by Gasteiger charge is 2.32. The Morgan fingerprint density at radius 3 is 2.69 bits per heavy atom. The van der Waals surface area contributed by atoms with Crippen molar-refractivity contribution in [3.05, 3.63) is 29.8 Å². The van der Waals surface area contributed by atoms with Crippen LogP contribution in [0.5, 0.6) is 0 Å². The quantitative estimate of drug-likeness (QED) is 0.839. The molecule has 2 heteroatoms. The number of rotatable bonds is 4. The minimum Gasteiger partial charge on any atom is -0.384 e. The van der Waals surface area contributed by atoms with Crippen LogP contribution in [0.2, 0.25) is 0 Å². The molecule has 0 aromatic heterocycles. The van der Waals surface area contributed by atoms with Gasteiger partial charge in [-0.05, 0) is 23.6 Å². The van der Waals surface area contributed by atoms with Crippen molar-refractivity contribution in [2.24, 2.45) is 5.41 Å². The van der Waals surface area contributed by atoms with Gasteiger partial charge < -0.3 is 10.1 Å². The average Bonchev–Trinajstić information content (AvgIpc) is 2.24. The summed E-state index contributed by atoms with van der Waals surface area (Å²) in [7, 11) is 0. The van der Waals surface area contributed by atoms with Crippen LogP contribution in [-0.2, 0) is 4.74 Å². The molecule has 1 aliphatic rings. The maximum absolute atomic E-state index is 5.25. The van der Waals surface area contributed by atoms with E-state index in [1.54, 1.807) is 0 Å². The van der Waals surface area contributed by atoms with Crippen LogP contribution in [0.25, 0.3) is 0 Å². The molecule has 1 aliphatic heterocycles. The van der Waals surface area contributed by atoms with Gasteiger partial charge in [-0.2, -0.15) is 0 Å². The van der Waals surface area contributed by atoms with Gasteiger partial charge in [-0.15, -0.1) is 0 Å². The average molecular weight is 219 g/mol. The number of hydrogen-bond donors (Lipinski definition) is 1. The van der Waals surface area contributed by atoms with Crippen molar-refractivity contribution in [3.63, 3.8) is 0 Å². The van der Waals surface area contributed by atoms with Crippen molar-refractivity contribution in [2.75, 3.05) is 25.1 Å². The number of benzene rings is 1. The van der Waals surface area contributed by atoms with Crippen molar-refractivity contribution in [3.8, 4) is 0 Å². The van der Waals surface area contributed by atoms with E-state index in [0.29, 0.717) is 11.3 Å². The van der Waals surface area contributed by atoms with Gasteiger partial charge in [-0.1, -0.05) is 32.9 Å². The molecule has 2 rings (SSSR count). The molecule has 1 fully saturated rings. The zero-order valence-electron chi connectivity index (χ0n) is 10.4. The summed E-state index contributed by atoms with van der Waals surface area (Å²) in [5.41, 5.74) is 2.94. The largest absolute Gasteiger partial charge is 0.384 e. The molecule has 0 amide bonds. The number of anilines is 1. The molecule has 1 N–H and O–H groups in total. The first-order chi connectivity index (χ1) is 7.59. The summed E-state index contributed by atoms with van der Waals surface area (Å²) in [6.45, 7) is 9.46. The van der Waals surface area contributed by atoms with Gasteiger partial charge in [0.2, 0.25) is 0 Å². The molecule has 88 valence electrons. The fourth-order valence-electron chi connectivity index (χ4n) is 1.88. The fraction of sp³-hybridized carbons (Fsp3) is 0.571. The molecule has 1 aromatic carbocycles. The zero-order valence-corrected chi connectivity index (χ0v) is 10.4. The van der Waals surface area contributed by atoms with Crippen molar-refractivity contribution in [1.29, 1.82) is 0 Å². The van der Waals surface area contributed by atoms with Gasteiger partial charge >= 0.3 is 0 Å². The van der Waals surface area contributed by atoms with Crippen LogP contribution in [0, 0.1) is 5.41 Å². The fourth-order valence-corrected chi connectivity index (χ4v) is 1.88. The highest BCUT2D eigenvalue weighted by molar-refractivity contribution is 5.46. The third kappa shape index (κ3) is 2.56. The van der Waals surface area contributed by atoms with Gasteiger partial charge in [-0.3, -0.25) is 0 Å². The van der Waals surface area contributed by atoms with E-state index >= 15 is 0 Å². The smallest absolute Gasteiger partial charge is 0.0559 e. The second-order valence-electron chi connectivity index (χ2n) is 5.44. The van der Waals surface area contributed by atoms with Gasteiger partial charge in [0.1, 0.15) is 0 Å². The molecular weight excluding hydrogens is 198 g/mol. The van der Waals surface area contributed by atoms with E-state index in [4.69, 9.17) is 4.74 Å². The third-order valence-electron chi connectivity index (χ3n) is 3.17. The van der Waals surface area contributed by atoms with Gasteiger partial charge in [0.05, 0.1) is 13.2 Å².